The summed E-state index contributed by atoms with van der Waals surface area (Å²) in [5.41, 5.74) is 5.48. The second-order valence-corrected chi connectivity index (χ2v) is 12.2. The van der Waals surface area contributed by atoms with E-state index >= 15 is 0 Å². The maximum Gasteiger partial charge on any atom is 0.134 e. The van der Waals surface area contributed by atoms with Gasteiger partial charge >= 0.3 is 0 Å². The summed E-state index contributed by atoms with van der Waals surface area (Å²) >= 11 is 14.0. The van der Waals surface area contributed by atoms with Crippen LogP contribution in [0.1, 0.15) is 54.3 Å². The molecule has 0 aliphatic heterocycles. The van der Waals surface area contributed by atoms with E-state index in [0.29, 0.717) is 22.5 Å². The molecule has 2 aromatic carbocycles. The van der Waals surface area contributed by atoms with Crippen molar-refractivity contribution in [3.8, 4) is 6.07 Å². The van der Waals surface area contributed by atoms with Crippen molar-refractivity contribution in [3.05, 3.63) is 85.8 Å². The highest BCUT2D eigenvalue weighted by Crippen LogP contribution is 2.45. The quantitative estimate of drug-likeness (QED) is 0.248. The number of halogens is 2. The maximum absolute atomic E-state index is 9.93. The maximum atomic E-state index is 9.93. The molecule has 6 heteroatoms. The van der Waals surface area contributed by atoms with Crippen LogP contribution < -0.4 is 0 Å². The fraction of sp³-hybridized carbons (Fsp3) is 0.310. The van der Waals surface area contributed by atoms with Crippen molar-refractivity contribution in [1.82, 2.24) is 4.57 Å². The molecule has 0 bridgehead atoms. The zero-order chi connectivity index (χ0) is 24.7. The Kier molecular flexibility index (Phi) is 6.53. The van der Waals surface area contributed by atoms with Gasteiger partial charge in [0, 0.05) is 40.3 Å². The van der Waals surface area contributed by atoms with Crippen LogP contribution >= 0.6 is 34.5 Å². The van der Waals surface area contributed by atoms with Gasteiger partial charge in [0.25, 0.3) is 0 Å². The number of aromatic nitrogens is 1. The molecule has 0 fully saturated rings. The number of nitrogens with zero attached hydrogens (tertiary/aromatic N) is 3. The monoisotopic (exact) mass is 519 g/mol. The highest BCUT2D eigenvalue weighted by molar-refractivity contribution is 7.16. The summed E-state index contributed by atoms with van der Waals surface area (Å²) < 4.78 is 2.20. The van der Waals surface area contributed by atoms with Gasteiger partial charge in [-0.05, 0) is 59.9 Å². The molecule has 2 aromatic heterocycles. The molecule has 0 amide bonds. The zero-order valence-corrected chi connectivity index (χ0v) is 22.4. The summed E-state index contributed by atoms with van der Waals surface area (Å²) in [7, 11) is 0. The van der Waals surface area contributed by atoms with Gasteiger partial charge in [0.2, 0.25) is 0 Å². The predicted octanol–water partition coefficient (Wildman–Crippen LogP) is 8.83. The predicted molar refractivity (Wildman–Crippen MR) is 149 cm³/mol. The smallest absolute Gasteiger partial charge is 0.134 e. The first-order valence-electron chi connectivity index (χ1n) is 11.8. The van der Waals surface area contributed by atoms with Gasteiger partial charge in [0.1, 0.15) is 11.1 Å². The fourth-order valence-electron chi connectivity index (χ4n) is 4.99. The van der Waals surface area contributed by atoms with E-state index < -0.39 is 0 Å². The normalized spacial score (nSPS) is 16.1. The lowest BCUT2D eigenvalue weighted by Gasteiger charge is -2.33. The molecule has 0 saturated heterocycles. The van der Waals surface area contributed by atoms with Crippen molar-refractivity contribution in [1.29, 1.82) is 5.26 Å². The average molecular weight is 521 g/mol. The van der Waals surface area contributed by atoms with Gasteiger partial charge in [-0.3, -0.25) is 0 Å². The van der Waals surface area contributed by atoms with E-state index in [9.17, 15) is 5.26 Å². The zero-order valence-electron chi connectivity index (χ0n) is 20.1. The standard InChI is InChI=1S/C29H27Cl2N3S/c1-29(2,3)20-9-10-22-23(14-32)28(35-27(22)13-20)33-15-19-17-34(26-7-5-4-6-21(19)26)16-18-8-11-24(30)25(31)12-18/h4-8,11-12,15,17,20H,9-10,13,16H2,1-3H3/t20-/m1/s1. The van der Waals surface area contributed by atoms with Gasteiger partial charge in [0.05, 0.1) is 15.6 Å². The van der Waals surface area contributed by atoms with Crippen molar-refractivity contribution < 1.29 is 0 Å². The summed E-state index contributed by atoms with van der Waals surface area (Å²) in [4.78, 5) is 6.19. The Morgan fingerprint density at radius 3 is 2.71 bits per heavy atom. The number of aliphatic imine (C=N–C) groups is 1. The van der Waals surface area contributed by atoms with Crippen LogP contribution in [0.2, 0.25) is 10.0 Å². The van der Waals surface area contributed by atoms with Crippen LogP contribution in [0.3, 0.4) is 0 Å². The molecule has 0 spiro atoms. The van der Waals surface area contributed by atoms with Gasteiger partial charge in [-0.2, -0.15) is 5.26 Å². The van der Waals surface area contributed by atoms with Crippen molar-refractivity contribution in [3.63, 3.8) is 0 Å². The topological polar surface area (TPSA) is 41.1 Å². The van der Waals surface area contributed by atoms with Crippen molar-refractivity contribution in [2.45, 2.75) is 46.6 Å². The Balaban J connectivity index is 1.48. The lowest BCUT2D eigenvalue weighted by Crippen LogP contribution is -2.26. The van der Waals surface area contributed by atoms with Crippen LogP contribution in [0.15, 0.2) is 53.7 Å². The highest BCUT2D eigenvalue weighted by atomic mass is 35.5. The minimum Gasteiger partial charge on any atom is -0.342 e. The molecule has 0 saturated carbocycles. The van der Waals surface area contributed by atoms with E-state index in [-0.39, 0.29) is 5.41 Å². The van der Waals surface area contributed by atoms with Gasteiger partial charge in [-0.25, -0.2) is 4.99 Å². The summed E-state index contributed by atoms with van der Waals surface area (Å²) in [5.74, 6) is 0.636. The molecular weight excluding hydrogens is 493 g/mol. The molecule has 5 rings (SSSR count). The number of benzene rings is 2. The Morgan fingerprint density at radius 2 is 1.97 bits per heavy atom. The second-order valence-electron chi connectivity index (χ2n) is 10.3. The van der Waals surface area contributed by atoms with Gasteiger partial charge in [-0.15, -0.1) is 11.3 Å². The van der Waals surface area contributed by atoms with E-state index in [2.05, 4.69) is 49.7 Å². The molecule has 0 unspecified atom stereocenters. The van der Waals surface area contributed by atoms with Crippen molar-refractivity contribution >= 4 is 56.7 Å². The minimum absolute atomic E-state index is 0.272. The molecule has 0 radical (unpaired) electrons. The van der Waals surface area contributed by atoms with Crippen molar-refractivity contribution in [2.24, 2.45) is 16.3 Å². The number of nitriles is 1. The van der Waals surface area contributed by atoms with E-state index in [4.69, 9.17) is 28.2 Å². The summed E-state index contributed by atoms with van der Waals surface area (Å²) in [6.07, 6.45) is 7.16. The van der Waals surface area contributed by atoms with Gasteiger partial charge in [0.15, 0.2) is 0 Å². The molecule has 1 atom stereocenters. The van der Waals surface area contributed by atoms with Crippen LogP contribution in [0.5, 0.6) is 0 Å². The molecule has 2 heterocycles. The van der Waals surface area contributed by atoms with Gasteiger partial charge in [-0.1, -0.05) is 68.2 Å². The Morgan fingerprint density at radius 1 is 1.17 bits per heavy atom. The fourth-order valence-corrected chi connectivity index (χ4v) is 6.53. The summed E-state index contributed by atoms with van der Waals surface area (Å²) in [5, 5.41) is 13.0. The van der Waals surface area contributed by atoms with E-state index in [1.807, 2.05) is 36.5 Å². The Bertz CT molecular complexity index is 1480. The first kappa shape index (κ1) is 24.1. The average Bonchev–Trinajstić information content (AvgIpc) is 3.36. The lowest BCUT2D eigenvalue weighted by molar-refractivity contribution is 0.218. The third-order valence-corrected chi connectivity index (χ3v) is 8.96. The molecule has 4 aromatic rings. The third kappa shape index (κ3) is 4.78. The number of hydrogen-bond donors (Lipinski definition) is 0. The largest absolute Gasteiger partial charge is 0.342 e. The number of rotatable bonds is 4. The first-order chi connectivity index (χ1) is 16.7. The van der Waals surface area contributed by atoms with Crippen LogP contribution in [0.25, 0.3) is 10.9 Å². The van der Waals surface area contributed by atoms with Crippen LogP contribution in [-0.2, 0) is 19.4 Å². The molecule has 178 valence electrons. The molecule has 1 aliphatic carbocycles. The van der Waals surface area contributed by atoms with E-state index in [1.165, 1.54) is 10.4 Å². The number of para-hydroxylation sites is 1. The lowest BCUT2D eigenvalue weighted by atomic mass is 9.72. The van der Waals surface area contributed by atoms with E-state index in [0.717, 1.165) is 51.9 Å². The van der Waals surface area contributed by atoms with Crippen LogP contribution in [-0.4, -0.2) is 10.8 Å². The molecule has 3 nitrogen and oxygen atoms in total. The SMILES string of the molecule is CC(C)(C)[C@@H]1CCc2c(sc(N=Cc3cn(Cc4ccc(Cl)c(Cl)c4)c4ccccc34)c2C#N)C1. The number of hydrogen-bond acceptors (Lipinski definition) is 3. The van der Waals surface area contributed by atoms with Crippen LogP contribution in [0, 0.1) is 22.7 Å². The summed E-state index contributed by atoms with van der Waals surface area (Å²) in [6.45, 7) is 7.62. The highest BCUT2D eigenvalue weighted by Gasteiger charge is 2.32. The molecule has 1 aliphatic rings. The second kappa shape index (κ2) is 9.47. The van der Waals surface area contributed by atoms with Crippen LogP contribution in [0.4, 0.5) is 5.00 Å². The van der Waals surface area contributed by atoms with Crippen molar-refractivity contribution in [2.75, 3.05) is 0 Å². The molecule has 0 N–H and O–H groups in total. The first-order valence-corrected chi connectivity index (χ1v) is 13.4. The number of thiophene rings is 1. The third-order valence-electron chi connectivity index (χ3n) is 7.06. The molecular formula is C29H27Cl2N3S. The van der Waals surface area contributed by atoms with E-state index in [1.54, 1.807) is 11.3 Å². The Hall–Kier alpha value is -2.58. The minimum atomic E-state index is 0.272. The Labute approximate surface area is 220 Å². The molecule has 35 heavy (non-hydrogen) atoms. The number of fused-ring (bicyclic) bond motifs is 2. The van der Waals surface area contributed by atoms with Gasteiger partial charge < -0.3 is 4.57 Å². The summed E-state index contributed by atoms with van der Waals surface area (Å²) in [6, 6.07) is 16.5.